The molecule has 2 rings (SSSR count). The normalized spacial score (nSPS) is 10.4. The predicted molar refractivity (Wildman–Crippen MR) is 83.9 cm³/mol. The Morgan fingerprint density at radius 1 is 1.24 bits per heavy atom. The van der Waals surface area contributed by atoms with Crippen molar-refractivity contribution >= 4 is 28.3 Å². The van der Waals surface area contributed by atoms with E-state index in [1.54, 1.807) is 23.8 Å². The first-order chi connectivity index (χ1) is 10.2. The van der Waals surface area contributed by atoms with Crippen molar-refractivity contribution in [2.24, 2.45) is 0 Å². The highest BCUT2D eigenvalue weighted by atomic mass is 32.1. The maximum Gasteiger partial charge on any atom is 0.273 e. The maximum absolute atomic E-state index is 12.4. The van der Waals surface area contributed by atoms with Gasteiger partial charge >= 0.3 is 0 Å². The molecule has 0 aromatic carbocycles. The number of nitrogens with one attached hydrogen (secondary N) is 1. The molecule has 0 unspecified atom stereocenters. The van der Waals surface area contributed by atoms with Crippen LogP contribution in [-0.4, -0.2) is 38.8 Å². The summed E-state index contributed by atoms with van der Waals surface area (Å²) in [6, 6.07) is 1.75. The van der Waals surface area contributed by atoms with Crippen molar-refractivity contribution in [3.05, 3.63) is 29.5 Å². The molecule has 21 heavy (non-hydrogen) atoms. The van der Waals surface area contributed by atoms with Crippen LogP contribution in [0.2, 0.25) is 0 Å². The number of thiazole rings is 1. The van der Waals surface area contributed by atoms with Gasteiger partial charge < -0.3 is 10.2 Å². The monoisotopic (exact) mass is 305 g/mol. The number of carbonyl (C=O) groups excluding carboxylic acids is 1. The number of nitrogens with zero attached hydrogens (tertiary/aromatic N) is 4. The molecule has 112 valence electrons. The predicted octanol–water partition coefficient (Wildman–Crippen LogP) is 2.94. The van der Waals surface area contributed by atoms with E-state index in [0.29, 0.717) is 16.8 Å². The molecule has 0 radical (unpaired) electrons. The van der Waals surface area contributed by atoms with Gasteiger partial charge in [-0.2, -0.15) is 0 Å². The molecule has 0 saturated carbocycles. The van der Waals surface area contributed by atoms with Crippen LogP contribution < -0.4 is 5.32 Å². The molecular formula is C14H19N5OS. The van der Waals surface area contributed by atoms with Gasteiger partial charge in [0.05, 0.1) is 0 Å². The van der Waals surface area contributed by atoms with E-state index in [2.05, 4.69) is 34.1 Å². The molecule has 0 aliphatic heterocycles. The SMILES string of the molecule is CCCN(CCC)C(=O)c1csc(Nc2ncccn2)n1. The van der Waals surface area contributed by atoms with Gasteiger partial charge in [-0.05, 0) is 18.9 Å². The molecule has 0 bridgehead atoms. The first-order valence-electron chi connectivity index (χ1n) is 7.03. The first-order valence-corrected chi connectivity index (χ1v) is 7.91. The molecule has 0 aliphatic rings. The summed E-state index contributed by atoms with van der Waals surface area (Å²) in [5.74, 6) is 0.460. The van der Waals surface area contributed by atoms with Gasteiger partial charge in [0.25, 0.3) is 5.91 Å². The van der Waals surface area contributed by atoms with Crippen LogP contribution in [-0.2, 0) is 0 Å². The zero-order valence-corrected chi connectivity index (χ0v) is 13.1. The Hall–Kier alpha value is -2.02. The van der Waals surface area contributed by atoms with E-state index < -0.39 is 0 Å². The second-order valence-electron chi connectivity index (χ2n) is 4.53. The molecule has 2 aromatic heterocycles. The van der Waals surface area contributed by atoms with Gasteiger partial charge in [0, 0.05) is 30.9 Å². The van der Waals surface area contributed by atoms with Gasteiger partial charge in [0.15, 0.2) is 5.13 Å². The van der Waals surface area contributed by atoms with Crippen LogP contribution in [0.1, 0.15) is 37.2 Å². The zero-order chi connectivity index (χ0) is 15.1. The lowest BCUT2D eigenvalue weighted by Crippen LogP contribution is -2.32. The smallest absolute Gasteiger partial charge is 0.273 e. The highest BCUT2D eigenvalue weighted by Crippen LogP contribution is 2.19. The minimum absolute atomic E-state index is 0.0167. The number of amides is 1. The summed E-state index contributed by atoms with van der Waals surface area (Å²) in [5, 5.41) is 5.39. The standard InChI is InChI=1S/C14H19N5OS/c1-3-8-19(9-4-2)12(20)11-10-21-14(17-11)18-13-15-6-5-7-16-13/h5-7,10H,3-4,8-9H2,1-2H3,(H,15,16,17,18). The summed E-state index contributed by atoms with van der Waals surface area (Å²) in [6.45, 7) is 5.65. The van der Waals surface area contributed by atoms with Crippen molar-refractivity contribution in [1.29, 1.82) is 0 Å². The fourth-order valence-corrected chi connectivity index (χ4v) is 2.58. The van der Waals surface area contributed by atoms with Crippen LogP contribution in [0, 0.1) is 0 Å². The van der Waals surface area contributed by atoms with Crippen LogP contribution in [0.25, 0.3) is 0 Å². The van der Waals surface area contributed by atoms with E-state index in [4.69, 9.17) is 0 Å². The van der Waals surface area contributed by atoms with E-state index in [0.717, 1.165) is 25.9 Å². The Bertz CT molecular complexity index is 566. The Morgan fingerprint density at radius 3 is 2.52 bits per heavy atom. The fourth-order valence-electron chi connectivity index (χ4n) is 1.91. The second-order valence-corrected chi connectivity index (χ2v) is 5.39. The summed E-state index contributed by atoms with van der Waals surface area (Å²) >= 11 is 1.38. The van der Waals surface area contributed by atoms with Gasteiger partial charge in [0.1, 0.15) is 5.69 Å². The van der Waals surface area contributed by atoms with E-state index in [9.17, 15) is 4.79 Å². The molecule has 7 heteroatoms. The molecule has 0 saturated heterocycles. The van der Waals surface area contributed by atoms with Crippen LogP contribution in [0.4, 0.5) is 11.1 Å². The second kappa shape index (κ2) is 7.68. The highest BCUT2D eigenvalue weighted by molar-refractivity contribution is 7.14. The maximum atomic E-state index is 12.4. The van der Waals surface area contributed by atoms with Crippen molar-refractivity contribution in [2.75, 3.05) is 18.4 Å². The van der Waals surface area contributed by atoms with Crippen molar-refractivity contribution in [2.45, 2.75) is 26.7 Å². The molecule has 1 amide bonds. The van der Waals surface area contributed by atoms with Gasteiger partial charge in [-0.15, -0.1) is 11.3 Å². The topological polar surface area (TPSA) is 71.0 Å². The number of hydrogen-bond acceptors (Lipinski definition) is 6. The lowest BCUT2D eigenvalue weighted by molar-refractivity contribution is 0.0750. The van der Waals surface area contributed by atoms with Crippen LogP contribution >= 0.6 is 11.3 Å². The van der Waals surface area contributed by atoms with Crippen molar-refractivity contribution in [3.8, 4) is 0 Å². The fraction of sp³-hybridized carbons (Fsp3) is 0.429. The summed E-state index contributed by atoms with van der Waals surface area (Å²) in [4.78, 5) is 26.7. The largest absolute Gasteiger partial charge is 0.337 e. The molecule has 2 aromatic rings. The Morgan fingerprint density at radius 2 is 1.90 bits per heavy atom. The average Bonchev–Trinajstić information content (AvgIpc) is 2.96. The number of rotatable bonds is 7. The Kier molecular flexibility index (Phi) is 5.62. The summed E-state index contributed by atoms with van der Waals surface area (Å²) in [7, 11) is 0. The molecule has 0 aliphatic carbocycles. The van der Waals surface area contributed by atoms with Gasteiger partial charge in [0.2, 0.25) is 5.95 Å². The minimum Gasteiger partial charge on any atom is -0.337 e. The third-order valence-electron chi connectivity index (χ3n) is 2.78. The number of carbonyl (C=O) groups is 1. The minimum atomic E-state index is -0.0167. The Balaban J connectivity index is 2.06. The van der Waals surface area contributed by atoms with E-state index in [-0.39, 0.29) is 5.91 Å². The van der Waals surface area contributed by atoms with E-state index in [1.165, 1.54) is 11.3 Å². The molecule has 0 atom stereocenters. The molecule has 6 nitrogen and oxygen atoms in total. The van der Waals surface area contributed by atoms with Gasteiger partial charge in [-0.3, -0.25) is 4.79 Å². The molecule has 1 N–H and O–H groups in total. The van der Waals surface area contributed by atoms with E-state index >= 15 is 0 Å². The van der Waals surface area contributed by atoms with E-state index in [1.807, 2.05) is 4.90 Å². The highest BCUT2D eigenvalue weighted by Gasteiger charge is 2.17. The lowest BCUT2D eigenvalue weighted by atomic mass is 10.3. The third kappa shape index (κ3) is 4.22. The number of anilines is 2. The van der Waals surface area contributed by atoms with Gasteiger partial charge in [-0.1, -0.05) is 13.8 Å². The van der Waals surface area contributed by atoms with Crippen LogP contribution in [0.3, 0.4) is 0 Å². The molecular weight excluding hydrogens is 286 g/mol. The van der Waals surface area contributed by atoms with Crippen molar-refractivity contribution in [3.63, 3.8) is 0 Å². The van der Waals surface area contributed by atoms with Crippen LogP contribution in [0.15, 0.2) is 23.8 Å². The molecule has 0 fully saturated rings. The first kappa shape index (κ1) is 15.4. The van der Waals surface area contributed by atoms with Crippen molar-refractivity contribution in [1.82, 2.24) is 19.9 Å². The summed E-state index contributed by atoms with van der Waals surface area (Å²) in [6.07, 6.45) is 5.19. The number of hydrogen-bond donors (Lipinski definition) is 1. The molecule has 0 spiro atoms. The van der Waals surface area contributed by atoms with Crippen molar-refractivity contribution < 1.29 is 4.79 Å². The summed E-state index contributed by atoms with van der Waals surface area (Å²) < 4.78 is 0. The average molecular weight is 305 g/mol. The summed E-state index contributed by atoms with van der Waals surface area (Å²) in [5.41, 5.74) is 0.473. The zero-order valence-electron chi connectivity index (χ0n) is 12.2. The van der Waals surface area contributed by atoms with Gasteiger partial charge in [-0.25, -0.2) is 15.0 Å². The third-order valence-corrected chi connectivity index (χ3v) is 3.54. The number of aromatic nitrogens is 3. The quantitative estimate of drug-likeness (QED) is 0.851. The van der Waals surface area contributed by atoms with Crippen LogP contribution in [0.5, 0.6) is 0 Å². The Labute approximate surface area is 128 Å². The lowest BCUT2D eigenvalue weighted by Gasteiger charge is -2.20. The molecule has 2 heterocycles.